The van der Waals surface area contributed by atoms with Crippen molar-refractivity contribution in [3.8, 4) is 0 Å². The summed E-state index contributed by atoms with van der Waals surface area (Å²) in [5, 5.41) is 9.19. The highest BCUT2D eigenvalue weighted by molar-refractivity contribution is 7.22. The number of benzene rings is 2. The standard InChI is InChI=1S/C18H15N5O2S/c24-15-10-13(16(25)19-11-6-2-1-3-7-11)20-17(22-15)23-18-21-12-8-4-5-9-14(12)26-18/h1-9,13H,10H2,(H,19,25)(H2,20,21,22,23,24)/p+1/t13-/m1/s1. The van der Waals surface area contributed by atoms with Gasteiger partial charge < -0.3 is 5.32 Å². The summed E-state index contributed by atoms with van der Waals surface area (Å²) < 4.78 is 1.04. The summed E-state index contributed by atoms with van der Waals surface area (Å²) in [6.45, 7) is 0. The summed E-state index contributed by atoms with van der Waals surface area (Å²) in [6.07, 6.45) is 0.0592. The van der Waals surface area contributed by atoms with E-state index in [9.17, 15) is 9.59 Å². The third-order valence-corrected chi connectivity index (χ3v) is 4.81. The van der Waals surface area contributed by atoms with Crippen LogP contribution in [0.15, 0.2) is 54.6 Å². The van der Waals surface area contributed by atoms with E-state index in [1.165, 1.54) is 11.3 Å². The van der Waals surface area contributed by atoms with Crippen molar-refractivity contribution in [2.45, 2.75) is 12.5 Å². The van der Waals surface area contributed by atoms with Gasteiger partial charge in [-0.05, 0) is 24.3 Å². The summed E-state index contributed by atoms with van der Waals surface area (Å²) >= 11 is 1.47. The van der Waals surface area contributed by atoms with Crippen LogP contribution in [0.4, 0.5) is 10.8 Å². The van der Waals surface area contributed by atoms with Crippen LogP contribution < -0.4 is 20.9 Å². The largest absolute Gasteiger partial charge is 0.358 e. The van der Waals surface area contributed by atoms with Gasteiger partial charge in [0.05, 0.1) is 16.6 Å². The topological polar surface area (TPSA) is 97.1 Å². The lowest BCUT2D eigenvalue weighted by atomic mass is 10.1. The fourth-order valence-electron chi connectivity index (χ4n) is 2.65. The van der Waals surface area contributed by atoms with E-state index in [-0.39, 0.29) is 18.2 Å². The lowest BCUT2D eigenvalue weighted by Crippen LogP contribution is -2.89. The van der Waals surface area contributed by atoms with Gasteiger partial charge in [0.2, 0.25) is 0 Å². The summed E-state index contributed by atoms with van der Waals surface area (Å²) in [4.78, 5) is 31.9. The van der Waals surface area contributed by atoms with Crippen LogP contribution in [0.25, 0.3) is 10.2 Å². The van der Waals surface area contributed by atoms with Crippen LogP contribution in [-0.2, 0) is 9.59 Å². The number of nitrogens with one attached hydrogen (secondary N) is 4. The second-order valence-electron chi connectivity index (χ2n) is 5.79. The third kappa shape index (κ3) is 3.55. The van der Waals surface area contributed by atoms with Gasteiger partial charge in [0.1, 0.15) is 0 Å². The molecular formula is C18H16N5O2S+. The van der Waals surface area contributed by atoms with Gasteiger partial charge >= 0.3 is 5.96 Å². The van der Waals surface area contributed by atoms with E-state index in [4.69, 9.17) is 0 Å². The molecule has 1 aromatic heterocycles. The fraction of sp³-hybridized carbons (Fsp3) is 0.111. The molecule has 8 heteroatoms. The number of carbonyl (C=O) groups is 2. The van der Waals surface area contributed by atoms with Crippen LogP contribution in [-0.4, -0.2) is 28.8 Å². The molecule has 1 atom stereocenters. The lowest BCUT2D eigenvalue weighted by molar-refractivity contribution is -0.490. The minimum absolute atomic E-state index is 0.0592. The molecule has 0 radical (unpaired) electrons. The highest BCUT2D eigenvalue weighted by Crippen LogP contribution is 2.25. The number of fused-ring (bicyclic) bond motifs is 1. The maximum atomic E-state index is 12.4. The zero-order chi connectivity index (χ0) is 17.9. The predicted molar refractivity (Wildman–Crippen MR) is 101 cm³/mol. The van der Waals surface area contributed by atoms with Crippen LogP contribution >= 0.6 is 11.3 Å². The van der Waals surface area contributed by atoms with Gasteiger partial charge in [0.25, 0.3) is 16.9 Å². The Morgan fingerprint density at radius 2 is 1.92 bits per heavy atom. The van der Waals surface area contributed by atoms with E-state index >= 15 is 0 Å². The van der Waals surface area contributed by atoms with Gasteiger partial charge in [-0.3, -0.25) is 14.6 Å². The minimum Gasteiger partial charge on any atom is -0.323 e. The number of hydrogen-bond donors (Lipinski definition) is 4. The van der Waals surface area contributed by atoms with Crippen LogP contribution in [0.5, 0.6) is 0 Å². The van der Waals surface area contributed by atoms with Crippen molar-refractivity contribution in [3.63, 3.8) is 0 Å². The third-order valence-electron chi connectivity index (χ3n) is 3.86. The molecule has 0 spiro atoms. The quantitative estimate of drug-likeness (QED) is 0.548. The highest BCUT2D eigenvalue weighted by Gasteiger charge is 2.31. The van der Waals surface area contributed by atoms with Crippen LogP contribution in [0, 0.1) is 0 Å². The summed E-state index contributed by atoms with van der Waals surface area (Å²) in [5.41, 5.74) is 1.56. The van der Waals surface area contributed by atoms with E-state index in [0.717, 1.165) is 10.2 Å². The van der Waals surface area contributed by atoms with Crippen molar-refractivity contribution in [3.05, 3.63) is 54.6 Å². The molecule has 2 amide bonds. The number of anilines is 2. The number of nitrogens with zero attached hydrogens (tertiary/aromatic N) is 1. The molecule has 1 aliphatic rings. The summed E-state index contributed by atoms with van der Waals surface area (Å²) in [5.74, 6) is -0.149. The van der Waals surface area contributed by atoms with E-state index in [0.29, 0.717) is 16.8 Å². The van der Waals surface area contributed by atoms with Crippen molar-refractivity contribution in [1.29, 1.82) is 0 Å². The van der Waals surface area contributed by atoms with E-state index in [2.05, 4.69) is 25.9 Å². The van der Waals surface area contributed by atoms with Gasteiger partial charge in [-0.1, -0.05) is 41.7 Å². The molecule has 4 N–H and O–H groups in total. The van der Waals surface area contributed by atoms with Crippen molar-refractivity contribution < 1.29 is 14.6 Å². The number of amides is 2. The van der Waals surface area contributed by atoms with E-state index in [1.807, 2.05) is 42.5 Å². The molecule has 2 aromatic carbocycles. The van der Waals surface area contributed by atoms with Gasteiger partial charge in [-0.2, -0.15) is 0 Å². The molecule has 0 fully saturated rings. The molecule has 0 saturated carbocycles. The average molecular weight is 366 g/mol. The number of carbonyl (C=O) groups excluding carboxylic acids is 2. The zero-order valence-corrected chi connectivity index (χ0v) is 14.5. The Balaban J connectivity index is 1.51. The maximum Gasteiger partial charge on any atom is 0.358 e. The van der Waals surface area contributed by atoms with Crippen molar-refractivity contribution >= 4 is 50.1 Å². The molecular weight excluding hydrogens is 350 g/mol. The Kier molecular flexibility index (Phi) is 4.32. The van der Waals surface area contributed by atoms with Gasteiger partial charge in [-0.15, -0.1) is 0 Å². The second-order valence-corrected chi connectivity index (χ2v) is 6.82. The molecule has 26 heavy (non-hydrogen) atoms. The smallest absolute Gasteiger partial charge is 0.323 e. The van der Waals surface area contributed by atoms with Crippen LogP contribution in [0.3, 0.4) is 0 Å². The number of hydrogen-bond acceptors (Lipinski definition) is 5. The maximum absolute atomic E-state index is 12.4. The Morgan fingerprint density at radius 3 is 2.73 bits per heavy atom. The number of para-hydroxylation sites is 2. The zero-order valence-electron chi connectivity index (χ0n) is 13.7. The normalized spacial score (nSPS) is 16.7. The van der Waals surface area contributed by atoms with Gasteiger partial charge in [-0.25, -0.2) is 15.6 Å². The monoisotopic (exact) mass is 366 g/mol. The van der Waals surface area contributed by atoms with Crippen LogP contribution in [0.1, 0.15) is 6.42 Å². The Bertz CT molecular complexity index is 966. The molecule has 2 heterocycles. The number of thiazole rings is 1. The fourth-order valence-corrected chi connectivity index (χ4v) is 3.52. The van der Waals surface area contributed by atoms with Crippen molar-refractivity contribution in [1.82, 2.24) is 10.3 Å². The first-order valence-electron chi connectivity index (χ1n) is 8.09. The number of rotatable bonds is 3. The first-order valence-corrected chi connectivity index (χ1v) is 8.91. The molecule has 3 aromatic rings. The Labute approximate surface area is 153 Å². The molecule has 0 bridgehead atoms. The van der Waals surface area contributed by atoms with Crippen molar-refractivity contribution in [2.75, 3.05) is 10.6 Å². The molecule has 7 nitrogen and oxygen atoms in total. The Hall–Kier alpha value is -3.26. The van der Waals surface area contributed by atoms with E-state index in [1.54, 1.807) is 12.1 Å². The lowest BCUT2D eigenvalue weighted by Gasteiger charge is -2.16. The number of aromatic nitrogens is 1. The molecule has 0 aliphatic carbocycles. The molecule has 130 valence electrons. The average Bonchev–Trinajstić information content (AvgIpc) is 3.04. The van der Waals surface area contributed by atoms with E-state index < -0.39 is 6.04 Å². The summed E-state index contributed by atoms with van der Waals surface area (Å²) in [7, 11) is 0. The highest BCUT2D eigenvalue weighted by atomic mass is 32.1. The first kappa shape index (κ1) is 16.2. The predicted octanol–water partition coefficient (Wildman–Crippen LogP) is 0.672. The first-order chi connectivity index (χ1) is 12.7. The minimum atomic E-state index is -0.666. The van der Waals surface area contributed by atoms with Gasteiger partial charge in [0.15, 0.2) is 6.04 Å². The number of guanidine groups is 1. The van der Waals surface area contributed by atoms with Crippen LogP contribution in [0.2, 0.25) is 0 Å². The molecule has 0 saturated heterocycles. The molecule has 1 aliphatic heterocycles. The SMILES string of the molecule is O=C1C[C@H](C(=O)Nc2ccccc2)[NH+]=C(Nc2nc3ccccc3s2)N1. The summed E-state index contributed by atoms with van der Waals surface area (Å²) in [6, 6.07) is 16.2. The van der Waals surface area contributed by atoms with Gasteiger partial charge in [0, 0.05) is 5.69 Å². The Morgan fingerprint density at radius 1 is 1.15 bits per heavy atom. The molecule has 0 unspecified atom stereocenters. The molecule has 4 rings (SSSR count). The second kappa shape index (κ2) is 6.93. The van der Waals surface area contributed by atoms with Crippen molar-refractivity contribution in [2.24, 2.45) is 0 Å².